The Bertz CT molecular complexity index is 2470. The van der Waals surface area contributed by atoms with E-state index in [4.69, 9.17) is 8.83 Å². The summed E-state index contributed by atoms with van der Waals surface area (Å²) in [5.74, 6) is 0. The lowest BCUT2D eigenvalue weighted by Gasteiger charge is -2.15. The summed E-state index contributed by atoms with van der Waals surface area (Å²) in [4.78, 5) is 0. The van der Waals surface area contributed by atoms with Gasteiger partial charge in [-0.2, -0.15) is 10.5 Å². The second-order valence-electron chi connectivity index (χ2n) is 10.5. The van der Waals surface area contributed by atoms with Gasteiger partial charge in [0, 0.05) is 32.8 Å². The van der Waals surface area contributed by atoms with Crippen molar-refractivity contribution in [1.82, 2.24) is 0 Å². The van der Waals surface area contributed by atoms with Gasteiger partial charge >= 0.3 is 0 Å². The van der Waals surface area contributed by atoms with Gasteiger partial charge in [0.25, 0.3) is 0 Å². The molecule has 0 bridgehead atoms. The number of fused-ring (bicyclic) bond motifs is 6. The molecule has 0 radical (unpaired) electrons. The molecule has 6 aromatic carbocycles. The third-order valence-corrected chi connectivity index (χ3v) is 7.95. The fraction of sp³-hybridized carbons (Fsp3) is 0. The van der Waals surface area contributed by atoms with Crippen LogP contribution in [0.4, 0.5) is 11.4 Å². The Hall–Kier alpha value is -6.30. The van der Waals surface area contributed by atoms with Crippen molar-refractivity contribution in [3.8, 4) is 34.4 Å². The highest BCUT2D eigenvalue weighted by Gasteiger charge is 2.18. The summed E-state index contributed by atoms with van der Waals surface area (Å²) in [7, 11) is 0. The fourth-order valence-corrected chi connectivity index (χ4v) is 5.91. The minimum absolute atomic E-state index is 0.321. The van der Waals surface area contributed by atoms with E-state index in [-0.39, 0.29) is 0 Å². The van der Waals surface area contributed by atoms with Crippen LogP contribution in [0, 0.1) is 22.7 Å². The van der Waals surface area contributed by atoms with E-state index in [2.05, 4.69) is 72.1 Å². The second kappa shape index (κ2) is 9.66. The van der Waals surface area contributed by atoms with Gasteiger partial charge in [0.05, 0.1) is 16.8 Å². The Balaban J connectivity index is 1.30. The minimum atomic E-state index is 0.321. The molecular formula is C38H21N3O2. The predicted octanol–water partition coefficient (Wildman–Crippen LogP) is 10.3. The van der Waals surface area contributed by atoms with E-state index in [1.807, 2.05) is 54.6 Å². The summed E-state index contributed by atoms with van der Waals surface area (Å²) in [5.41, 5.74) is 9.47. The minimum Gasteiger partial charge on any atom is -0.456 e. The van der Waals surface area contributed by atoms with Gasteiger partial charge in [0.1, 0.15) is 34.5 Å². The first-order valence-corrected chi connectivity index (χ1v) is 13.9. The smallest absolute Gasteiger partial charge is 0.145 e. The zero-order chi connectivity index (χ0) is 28.9. The van der Waals surface area contributed by atoms with Crippen LogP contribution in [0.3, 0.4) is 0 Å². The van der Waals surface area contributed by atoms with Crippen molar-refractivity contribution in [2.45, 2.75) is 0 Å². The Kier molecular flexibility index (Phi) is 5.50. The maximum absolute atomic E-state index is 9.59. The number of para-hydroxylation sites is 2. The van der Waals surface area contributed by atoms with Crippen LogP contribution >= 0.6 is 0 Å². The Labute approximate surface area is 246 Å². The molecule has 0 amide bonds. The first-order valence-electron chi connectivity index (χ1n) is 13.9. The zero-order valence-electron chi connectivity index (χ0n) is 22.8. The maximum Gasteiger partial charge on any atom is 0.145 e. The van der Waals surface area contributed by atoms with E-state index < -0.39 is 0 Å². The van der Waals surface area contributed by atoms with Gasteiger partial charge in [-0.15, -0.1) is 0 Å². The van der Waals surface area contributed by atoms with Crippen molar-refractivity contribution in [3.63, 3.8) is 0 Å². The average molecular weight is 552 g/mol. The number of furan rings is 2. The van der Waals surface area contributed by atoms with Crippen LogP contribution in [0.5, 0.6) is 0 Å². The van der Waals surface area contributed by atoms with E-state index in [1.54, 1.807) is 12.1 Å². The Morgan fingerprint density at radius 2 is 1.16 bits per heavy atom. The molecule has 8 aromatic rings. The summed E-state index contributed by atoms with van der Waals surface area (Å²) in [6.45, 7) is 0. The van der Waals surface area contributed by atoms with E-state index in [1.165, 1.54) is 0 Å². The van der Waals surface area contributed by atoms with Crippen LogP contribution in [0.1, 0.15) is 11.1 Å². The number of anilines is 2. The molecule has 0 aliphatic carbocycles. The molecule has 0 saturated heterocycles. The maximum atomic E-state index is 9.59. The monoisotopic (exact) mass is 551 g/mol. The zero-order valence-corrected chi connectivity index (χ0v) is 22.8. The van der Waals surface area contributed by atoms with Gasteiger partial charge in [-0.3, -0.25) is 0 Å². The molecule has 2 aromatic heterocycles. The molecule has 0 unspecified atom stereocenters. The summed E-state index contributed by atoms with van der Waals surface area (Å²) in [6.07, 6.45) is 0. The molecule has 0 spiro atoms. The number of rotatable bonds is 4. The van der Waals surface area contributed by atoms with Gasteiger partial charge in [0.15, 0.2) is 0 Å². The number of nitriles is 2. The summed E-state index contributed by atoms with van der Waals surface area (Å²) < 4.78 is 12.7. The van der Waals surface area contributed by atoms with Crippen LogP contribution in [0.2, 0.25) is 0 Å². The Morgan fingerprint density at radius 1 is 0.488 bits per heavy atom. The largest absolute Gasteiger partial charge is 0.456 e. The van der Waals surface area contributed by atoms with Crippen LogP contribution in [0.25, 0.3) is 66.1 Å². The standard InChI is InChI=1S/C38H21N3O2/c39-21-26-12-14-28(19-27(26)22-40)41-33-17-16-32-30-9-2-4-11-35(30)43-38(32)37(33)25-7-5-6-23(18-25)24-13-15-31-29-8-1-3-10-34(29)42-36(31)20-24/h1-20,41H. The number of nitrogens with zero attached hydrogens (tertiary/aromatic N) is 2. The molecule has 0 atom stereocenters. The fourth-order valence-electron chi connectivity index (χ4n) is 5.91. The highest BCUT2D eigenvalue weighted by molar-refractivity contribution is 6.13. The lowest BCUT2D eigenvalue weighted by molar-refractivity contribution is 0.669. The lowest BCUT2D eigenvalue weighted by Crippen LogP contribution is -1.96. The number of hydrogen-bond donors (Lipinski definition) is 1. The summed E-state index contributed by atoms with van der Waals surface area (Å²) in [5, 5.41) is 26.7. The molecule has 8 rings (SSSR count). The van der Waals surface area contributed by atoms with E-state index >= 15 is 0 Å². The SMILES string of the molecule is N#Cc1ccc(Nc2ccc3c(oc4ccccc43)c2-c2cccc(-c3ccc4c(c3)oc3ccccc34)c2)cc1C#N. The lowest BCUT2D eigenvalue weighted by atomic mass is 9.95. The summed E-state index contributed by atoms with van der Waals surface area (Å²) >= 11 is 0. The predicted molar refractivity (Wildman–Crippen MR) is 171 cm³/mol. The van der Waals surface area contributed by atoms with Gasteiger partial charge in [-0.05, 0) is 77.4 Å². The molecule has 43 heavy (non-hydrogen) atoms. The number of nitrogens with one attached hydrogen (secondary N) is 1. The molecular weight excluding hydrogens is 530 g/mol. The number of hydrogen-bond acceptors (Lipinski definition) is 5. The van der Waals surface area contributed by atoms with Crippen molar-refractivity contribution in [3.05, 3.63) is 132 Å². The normalized spacial score (nSPS) is 11.2. The molecule has 2 heterocycles. The van der Waals surface area contributed by atoms with Crippen molar-refractivity contribution >= 4 is 55.3 Å². The van der Waals surface area contributed by atoms with E-state index in [0.29, 0.717) is 16.8 Å². The van der Waals surface area contributed by atoms with E-state index in [0.717, 1.165) is 71.8 Å². The molecule has 1 N–H and O–H groups in total. The molecule has 0 aliphatic rings. The topological polar surface area (TPSA) is 85.9 Å². The summed E-state index contributed by atoms with van der Waals surface area (Å²) in [6, 6.07) is 44.3. The van der Waals surface area contributed by atoms with Gasteiger partial charge in [-0.1, -0.05) is 60.7 Å². The molecule has 0 aliphatic heterocycles. The molecule has 0 fully saturated rings. The van der Waals surface area contributed by atoms with Crippen molar-refractivity contribution in [1.29, 1.82) is 10.5 Å². The first-order chi connectivity index (χ1) is 21.2. The highest BCUT2D eigenvalue weighted by Crippen LogP contribution is 2.42. The quantitative estimate of drug-likeness (QED) is 0.235. The molecule has 5 heteroatoms. The van der Waals surface area contributed by atoms with E-state index in [9.17, 15) is 10.5 Å². The number of benzene rings is 6. The van der Waals surface area contributed by atoms with Crippen LogP contribution in [-0.4, -0.2) is 0 Å². The third kappa shape index (κ3) is 4.00. The van der Waals surface area contributed by atoms with Crippen LogP contribution in [0.15, 0.2) is 130 Å². The van der Waals surface area contributed by atoms with Crippen LogP contribution in [-0.2, 0) is 0 Å². The van der Waals surface area contributed by atoms with Gasteiger partial charge in [0.2, 0.25) is 0 Å². The average Bonchev–Trinajstić information content (AvgIpc) is 3.62. The molecule has 200 valence electrons. The first kappa shape index (κ1) is 24.5. The van der Waals surface area contributed by atoms with Crippen molar-refractivity contribution in [2.75, 3.05) is 5.32 Å². The molecule has 0 saturated carbocycles. The third-order valence-electron chi connectivity index (χ3n) is 7.95. The van der Waals surface area contributed by atoms with Gasteiger partial charge in [-0.25, -0.2) is 0 Å². The van der Waals surface area contributed by atoms with Gasteiger partial charge < -0.3 is 14.2 Å². The van der Waals surface area contributed by atoms with Crippen LogP contribution < -0.4 is 5.32 Å². The Morgan fingerprint density at radius 3 is 1.98 bits per heavy atom. The van der Waals surface area contributed by atoms with Crippen molar-refractivity contribution in [2.24, 2.45) is 0 Å². The highest BCUT2D eigenvalue weighted by atomic mass is 16.3. The molecule has 5 nitrogen and oxygen atoms in total. The second-order valence-corrected chi connectivity index (χ2v) is 10.5. The van der Waals surface area contributed by atoms with Crippen molar-refractivity contribution < 1.29 is 8.83 Å².